The molecule has 6 heteroatoms. The summed E-state index contributed by atoms with van der Waals surface area (Å²) in [4.78, 5) is 4.75. The maximum Gasteiger partial charge on any atom is 0.0698 e. The Labute approximate surface area is 137 Å². The van der Waals surface area contributed by atoms with Gasteiger partial charge >= 0.3 is 0 Å². The van der Waals surface area contributed by atoms with Gasteiger partial charge < -0.3 is 25.0 Å². The molecule has 0 aliphatic carbocycles. The number of nitrogens with one attached hydrogen (secondary N) is 1. The van der Waals surface area contributed by atoms with Crippen LogP contribution in [0.5, 0.6) is 0 Å². The van der Waals surface area contributed by atoms with Crippen molar-refractivity contribution in [1.82, 2.24) is 10.2 Å². The van der Waals surface area contributed by atoms with Crippen molar-refractivity contribution in [3.05, 3.63) is 28.8 Å². The number of halogens is 1. The molecule has 0 bridgehead atoms. The van der Waals surface area contributed by atoms with Gasteiger partial charge in [0.15, 0.2) is 0 Å². The van der Waals surface area contributed by atoms with E-state index in [1.54, 1.807) is 0 Å². The Balaban J connectivity index is 1.92. The molecule has 1 aliphatic rings. The summed E-state index contributed by atoms with van der Waals surface area (Å²) >= 11 is 6.40. The van der Waals surface area contributed by atoms with Crippen molar-refractivity contribution in [3.63, 3.8) is 0 Å². The van der Waals surface area contributed by atoms with Gasteiger partial charge in [0.25, 0.3) is 0 Å². The lowest BCUT2D eigenvalue weighted by atomic mass is 10.1. The van der Waals surface area contributed by atoms with Gasteiger partial charge in [0.1, 0.15) is 0 Å². The number of piperazine rings is 1. The summed E-state index contributed by atoms with van der Waals surface area (Å²) in [5.41, 5.74) is 2.38. The van der Waals surface area contributed by atoms with Crippen LogP contribution in [0.2, 0.25) is 5.02 Å². The molecule has 1 aliphatic heterocycles. The van der Waals surface area contributed by atoms with E-state index in [9.17, 15) is 0 Å². The monoisotopic (exact) mass is 327 g/mol. The van der Waals surface area contributed by atoms with Crippen molar-refractivity contribution >= 4 is 17.3 Å². The van der Waals surface area contributed by atoms with Gasteiger partial charge in [0, 0.05) is 55.5 Å². The van der Waals surface area contributed by atoms with E-state index in [-0.39, 0.29) is 6.61 Å². The SMILES string of the molecule is CN1CCN(c2cccc(Cl)c2CNCCOCCO)CC1. The van der Waals surface area contributed by atoms with Crippen LogP contribution in [0.25, 0.3) is 0 Å². The van der Waals surface area contributed by atoms with Gasteiger partial charge in [0.05, 0.1) is 19.8 Å². The first kappa shape index (κ1) is 17.5. The van der Waals surface area contributed by atoms with Gasteiger partial charge in [-0.25, -0.2) is 0 Å². The number of likely N-dealkylation sites (N-methyl/N-ethyl adjacent to an activating group) is 1. The summed E-state index contributed by atoms with van der Waals surface area (Å²) in [5, 5.41) is 12.8. The minimum Gasteiger partial charge on any atom is -0.394 e. The van der Waals surface area contributed by atoms with E-state index in [1.807, 2.05) is 12.1 Å². The highest BCUT2D eigenvalue weighted by atomic mass is 35.5. The van der Waals surface area contributed by atoms with Crippen LogP contribution < -0.4 is 10.2 Å². The Morgan fingerprint density at radius 3 is 2.73 bits per heavy atom. The largest absolute Gasteiger partial charge is 0.394 e. The lowest BCUT2D eigenvalue weighted by molar-refractivity contribution is 0.0938. The molecule has 0 unspecified atom stereocenters. The number of anilines is 1. The second kappa shape index (κ2) is 9.33. The van der Waals surface area contributed by atoms with Gasteiger partial charge in [-0.3, -0.25) is 0 Å². The van der Waals surface area contributed by atoms with E-state index in [1.165, 1.54) is 5.69 Å². The zero-order valence-electron chi connectivity index (χ0n) is 13.2. The van der Waals surface area contributed by atoms with Crippen molar-refractivity contribution < 1.29 is 9.84 Å². The molecule has 2 rings (SSSR count). The predicted octanol–water partition coefficient (Wildman–Crippen LogP) is 1.19. The summed E-state index contributed by atoms with van der Waals surface area (Å²) in [6.45, 7) is 6.74. The molecule has 5 nitrogen and oxygen atoms in total. The van der Waals surface area contributed by atoms with Crippen molar-refractivity contribution in [2.75, 3.05) is 64.5 Å². The van der Waals surface area contributed by atoms with E-state index in [0.29, 0.717) is 13.2 Å². The van der Waals surface area contributed by atoms with Gasteiger partial charge in [-0.15, -0.1) is 0 Å². The van der Waals surface area contributed by atoms with E-state index in [0.717, 1.165) is 49.9 Å². The molecule has 0 atom stereocenters. The predicted molar refractivity (Wildman–Crippen MR) is 90.8 cm³/mol. The topological polar surface area (TPSA) is 48.0 Å². The molecule has 124 valence electrons. The third kappa shape index (κ3) is 5.11. The molecule has 0 spiro atoms. The van der Waals surface area contributed by atoms with E-state index in [4.69, 9.17) is 21.4 Å². The van der Waals surface area contributed by atoms with Crippen LogP contribution in [0.4, 0.5) is 5.69 Å². The fraction of sp³-hybridized carbons (Fsp3) is 0.625. The Hall–Kier alpha value is -0.850. The molecule has 1 heterocycles. The van der Waals surface area contributed by atoms with E-state index < -0.39 is 0 Å². The van der Waals surface area contributed by atoms with E-state index in [2.05, 4.69) is 28.2 Å². The Kier molecular flexibility index (Phi) is 7.42. The molecule has 1 aromatic rings. The third-order valence-corrected chi connectivity index (χ3v) is 4.25. The average Bonchev–Trinajstić information content (AvgIpc) is 2.53. The van der Waals surface area contributed by atoms with Crippen LogP contribution in [-0.2, 0) is 11.3 Å². The third-order valence-electron chi connectivity index (χ3n) is 3.90. The summed E-state index contributed by atoms with van der Waals surface area (Å²) in [6, 6.07) is 6.11. The Morgan fingerprint density at radius 2 is 2.00 bits per heavy atom. The van der Waals surface area contributed by atoms with Gasteiger partial charge in [0.2, 0.25) is 0 Å². The number of nitrogens with zero attached hydrogens (tertiary/aromatic N) is 2. The smallest absolute Gasteiger partial charge is 0.0698 e. The van der Waals surface area contributed by atoms with Crippen LogP contribution in [0.15, 0.2) is 18.2 Å². The van der Waals surface area contributed by atoms with Gasteiger partial charge in [-0.05, 0) is 19.2 Å². The molecule has 22 heavy (non-hydrogen) atoms. The van der Waals surface area contributed by atoms with Crippen LogP contribution in [-0.4, -0.2) is 69.6 Å². The first-order chi connectivity index (χ1) is 10.7. The van der Waals surface area contributed by atoms with Crippen molar-refractivity contribution in [2.24, 2.45) is 0 Å². The lowest BCUT2D eigenvalue weighted by Gasteiger charge is -2.35. The van der Waals surface area contributed by atoms with Crippen molar-refractivity contribution in [1.29, 1.82) is 0 Å². The highest BCUT2D eigenvalue weighted by Gasteiger charge is 2.18. The van der Waals surface area contributed by atoms with Gasteiger partial charge in [-0.2, -0.15) is 0 Å². The molecule has 0 radical (unpaired) electrons. The number of benzene rings is 1. The molecule has 1 fully saturated rings. The fourth-order valence-electron chi connectivity index (χ4n) is 2.59. The quantitative estimate of drug-likeness (QED) is 0.702. The van der Waals surface area contributed by atoms with Crippen LogP contribution >= 0.6 is 11.6 Å². The Morgan fingerprint density at radius 1 is 1.23 bits per heavy atom. The zero-order valence-corrected chi connectivity index (χ0v) is 14.0. The summed E-state index contributed by atoms with van der Waals surface area (Å²) in [6.07, 6.45) is 0. The molecular formula is C16H26ClN3O2. The molecule has 1 aromatic carbocycles. The second-order valence-electron chi connectivity index (χ2n) is 5.54. The first-order valence-electron chi connectivity index (χ1n) is 7.82. The normalized spacial score (nSPS) is 16.2. The minimum atomic E-state index is 0.0675. The van der Waals surface area contributed by atoms with Crippen LogP contribution in [0.3, 0.4) is 0 Å². The number of aliphatic hydroxyl groups is 1. The van der Waals surface area contributed by atoms with Crippen molar-refractivity contribution in [3.8, 4) is 0 Å². The van der Waals surface area contributed by atoms with Crippen LogP contribution in [0.1, 0.15) is 5.56 Å². The molecule has 2 N–H and O–H groups in total. The number of ether oxygens (including phenoxy) is 1. The van der Waals surface area contributed by atoms with Gasteiger partial charge in [-0.1, -0.05) is 17.7 Å². The van der Waals surface area contributed by atoms with Crippen molar-refractivity contribution in [2.45, 2.75) is 6.54 Å². The zero-order chi connectivity index (χ0) is 15.8. The molecule has 0 amide bonds. The number of aliphatic hydroxyl groups excluding tert-OH is 1. The first-order valence-corrected chi connectivity index (χ1v) is 8.20. The number of hydrogen-bond donors (Lipinski definition) is 2. The highest BCUT2D eigenvalue weighted by molar-refractivity contribution is 6.31. The number of rotatable bonds is 8. The number of hydrogen-bond acceptors (Lipinski definition) is 5. The molecule has 0 aromatic heterocycles. The average molecular weight is 328 g/mol. The fourth-order valence-corrected chi connectivity index (χ4v) is 2.83. The standard InChI is InChI=1S/C16H26ClN3O2/c1-19-6-8-20(9-7-19)16-4-2-3-15(17)14(16)13-18-5-11-22-12-10-21/h2-4,18,21H,5-13H2,1H3. The summed E-state index contributed by atoms with van der Waals surface area (Å²) in [5.74, 6) is 0. The molecule has 0 saturated carbocycles. The highest BCUT2D eigenvalue weighted by Crippen LogP contribution is 2.28. The maximum absolute atomic E-state index is 8.66. The lowest BCUT2D eigenvalue weighted by Crippen LogP contribution is -2.45. The van der Waals surface area contributed by atoms with Crippen LogP contribution in [0, 0.1) is 0 Å². The molecule has 1 saturated heterocycles. The molecular weight excluding hydrogens is 302 g/mol. The Bertz CT molecular complexity index is 451. The summed E-state index contributed by atoms with van der Waals surface area (Å²) < 4.78 is 5.25. The summed E-state index contributed by atoms with van der Waals surface area (Å²) in [7, 11) is 2.16. The van der Waals surface area contributed by atoms with E-state index >= 15 is 0 Å². The minimum absolute atomic E-state index is 0.0675. The second-order valence-corrected chi connectivity index (χ2v) is 5.95. The maximum atomic E-state index is 8.66.